The van der Waals surface area contributed by atoms with E-state index in [1.807, 2.05) is 0 Å². The van der Waals surface area contributed by atoms with Crippen molar-refractivity contribution in [2.75, 3.05) is 26.4 Å². The first-order chi connectivity index (χ1) is 20.8. The third kappa shape index (κ3) is 30.9. The van der Waals surface area contributed by atoms with Crippen molar-refractivity contribution >= 4 is 13.8 Å². The van der Waals surface area contributed by atoms with Gasteiger partial charge in [0.05, 0.1) is 19.0 Å². The largest absolute Gasteiger partial charge is 0.489 e. The zero-order valence-electron chi connectivity index (χ0n) is 28.0. The Bertz CT molecular complexity index is 692. The molecule has 0 aliphatic heterocycles. The van der Waals surface area contributed by atoms with E-state index in [0.29, 0.717) is 18.6 Å². The number of hydrogen-bond acceptors (Lipinski definition) is 7. The summed E-state index contributed by atoms with van der Waals surface area (Å²) in [5.41, 5.74) is 5.35. The number of ether oxygens (including phenoxy) is 2. The minimum absolute atomic E-state index is 0.0783. The average Bonchev–Trinajstić information content (AvgIpc) is 2.99. The van der Waals surface area contributed by atoms with Crippen LogP contribution in [0.4, 0.5) is 0 Å². The normalized spacial score (nSPS) is 13.5. The van der Waals surface area contributed by atoms with Crippen LogP contribution in [0, 0.1) is 0 Å². The highest BCUT2D eigenvalue weighted by Crippen LogP contribution is 2.43. The summed E-state index contributed by atoms with van der Waals surface area (Å²) in [4.78, 5) is 22.2. The highest BCUT2D eigenvalue weighted by molar-refractivity contribution is 7.47. The summed E-state index contributed by atoms with van der Waals surface area (Å²) in [7, 11) is -4.27. The molecule has 0 amide bonds. The van der Waals surface area contributed by atoms with Crippen molar-refractivity contribution in [3.8, 4) is 0 Å². The molecular formula is C34H68NO7P. The summed E-state index contributed by atoms with van der Waals surface area (Å²) >= 11 is 0. The van der Waals surface area contributed by atoms with E-state index in [2.05, 4.69) is 20.4 Å². The van der Waals surface area contributed by atoms with Gasteiger partial charge < -0.3 is 20.1 Å². The van der Waals surface area contributed by atoms with Gasteiger partial charge in [-0.3, -0.25) is 13.8 Å². The molecule has 0 bridgehead atoms. The quantitative estimate of drug-likeness (QED) is 0.0311. The summed E-state index contributed by atoms with van der Waals surface area (Å²) in [6, 6.07) is 0. The fourth-order valence-corrected chi connectivity index (χ4v) is 5.74. The lowest BCUT2D eigenvalue weighted by atomic mass is 10.1. The molecule has 256 valence electrons. The van der Waals surface area contributed by atoms with Gasteiger partial charge in [0.2, 0.25) is 0 Å². The topological polar surface area (TPSA) is 117 Å². The summed E-state index contributed by atoms with van der Waals surface area (Å²) in [6.45, 7) is 8.16. The monoisotopic (exact) mass is 633 g/mol. The zero-order chi connectivity index (χ0) is 31.9. The second-order valence-electron chi connectivity index (χ2n) is 11.9. The number of unbranched alkanes of at least 4 members (excludes halogenated alkanes) is 20. The first kappa shape index (κ1) is 42.1. The van der Waals surface area contributed by atoms with Crippen LogP contribution in [0.25, 0.3) is 0 Å². The fourth-order valence-electron chi connectivity index (χ4n) is 4.97. The predicted octanol–water partition coefficient (Wildman–Crippen LogP) is 9.92. The molecule has 0 saturated carbocycles. The molecule has 0 radical (unpaired) electrons. The standard InChI is InChI=1S/C34H68NO7P/c1-4-6-8-10-12-14-16-18-20-22-24-26-32(3)42-33(31-41-43(37,38)40-29-28-35)30-39-34(36)27-25-23-21-19-17-15-13-11-9-7-5-2/h33H,3-31,35H2,1-2H3,(H,37,38)/t33-/m1/s1. The molecule has 0 spiro atoms. The Balaban J connectivity index is 4.25. The maximum Gasteiger partial charge on any atom is 0.472 e. The van der Waals surface area contributed by atoms with Crippen LogP contribution in [0.15, 0.2) is 12.3 Å². The molecule has 0 aromatic heterocycles. The average molecular weight is 634 g/mol. The number of phosphoric ester groups is 1. The van der Waals surface area contributed by atoms with Crippen LogP contribution in [0.5, 0.6) is 0 Å². The van der Waals surface area contributed by atoms with Crippen molar-refractivity contribution in [2.45, 2.75) is 174 Å². The maximum absolute atomic E-state index is 12.3. The number of phosphoric acid groups is 1. The molecule has 0 heterocycles. The number of esters is 1. The number of nitrogens with two attached hydrogens (primary N) is 1. The molecule has 0 aromatic carbocycles. The van der Waals surface area contributed by atoms with Crippen LogP contribution < -0.4 is 5.73 Å². The Labute approximate surface area is 264 Å². The molecule has 3 N–H and O–H groups in total. The lowest BCUT2D eigenvalue weighted by molar-refractivity contribution is -0.147. The van der Waals surface area contributed by atoms with Crippen LogP contribution in [0.1, 0.15) is 168 Å². The molecule has 1 unspecified atom stereocenters. The van der Waals surface area contributed by atoms with E-state index in [1.54, 1.807) is 0 Å². The summed E-state index contributed by atoms with van der Waals surface area (Å²) in [6.07, 6.45) is 27.5. The van der Waals surface area contributed by atoms with Crippen molar-refractivity contribution in [1.29, 1.82) is 0 Å². The maximum atomic E-state index is 12.3. The minimum atomic E-state index is -4.27. The molecule has 2 atom stereocenters. The van der Waals surface area contributed by atoms with Gasteiger partial charge in [0, 0.05) is 19.4 Å². The number of rotatable bonds is 34. The third-order valence-electron chi connectivity index (χ3n) is 7.60. The lowest BCUT2D eigenvalue weighted by Crippen LogP contribution is -2.27. The van der Waals surface area contributed by atoms with Crippen molar-refractivity contribution in [2.24, 2.45) is 5.73 Å². The molecule has 9 heteroatoms. The van der Waals surface area contributed by atoms with Gasteiger partial charge in [0.25, 0.3) is 0 Å². The highest BCUT2D eigenvalue weighted by Gasteiger charge is 2.25. The van der Waals surface area contributed by atoms with E-state index in [-0.39, 0.29) is 32.3 Å². The lowest BCUT2D eigenvalue weighted by Gasteiger charge is -2.22. The van der Waals surface area contributed by atoms with Crippen molar-refractivity contribution in [1.82, 2.24) is 0 Å². The number of carbonyl (C=O) groups is 1. The van der Waals surface area contributed by atoms with E-state index in [9.17, 15) is 14.3 Å². The molecule has 0 aromatic rings. The smallest absolute Gasteiger partial charge is 0.472 e. The molecule has 8 nitrogen and oxygen atoms in total. The van der Waals surface area contributed by atoms with E-state index in [0.717, 1.165) is 32.1 Å². The highest BCUT2D eigenvalue weighted by atomic mass is 31.2. The van der Waals surface area contributed by atoms with Crippen LogP contribution in [0.3, 0.4) is 0 Å². The van der Waals surface area contributed by atoms with E-state index in [1.165, 1.54) is 109 Å². The molecule has 0 fully saturated rings. The summed E-state index contributed by atoms with van der Waals surface area (Å²) in [5, 5.41) is 0. The van der Waals surface area contributed by atoms with Crippen LogP contribution in [0.2, 0.25) is 0 Å². The SMILES string of the molecule is C=C(CCCCCCCCCCCCC)O[C@H](COC(=O)CCCCCCCCCCCCC)COP(=O)(O)OCCN. The Kier molecular flexibility index (Phi) is 30.4. The Morgan fingerprint density at radius 1 is 0.674 bits per heavy atom. The number of carbonyl (C=O) groups excluding carboxylic acids is 1. The fraction of sp³-hybridized carbons (Fsp3) is 0.912. The van der Waals surface area contributed by atoms with Gasteiger partial charge in [-0.05, 0) is 12.8 Å². The molecule has 0 saturated heterocycles. The molecule has 0 aliphatic carbocycles. The predicted molar refractivity (Wildman–Crippen MR) is 178 cm³/mol. The number of allylic oxidation sites excluding steroid dienone is 1. The first-order valence-corrected chi connectivity index (χ1v) is 19.2. The van der Waals surface area contributed by atoms with Crippen molar-refractivity contribution in [3.63, 3.8) is 0 Å². The zero-order valence-corrected chi connectivity index (χ0v) is 28.9. The summed E-state index contributed by atoms with van der Waals surface area (Å²) in [5.74, 6) is 0.258. The molecule has 0 rings (SSSR count). The Hall–Kier alpha value is -0.920. The van der Waals surface area contributed by atoms with E-state index < -0.39 is 13.9 Å². The molecule has 0 aliphatic rings. The second-order valence-corrected chi connectivity index (χ2v) is 13.4. The van der Waals surface area contributed by atoms with Crippen LogP contribution in [-0.4, -0.2) is 43.3 Å². The Morgan fingerprint density at radius 2 is 1.09 bits per heavy atom. The molecule has 43 heavy (non-hydrogen) atoms. The van der Waals surface area contributed by atoms with Crippen LogP contribution >= 0.6 is 7.82 Å². The van der Waals surface area contributed by atoms with Gasteiger partial charge in [-0.15, -0.1) is 0 Å². The first-order valence-electron chi connectivity index (χ1n) is 17.7. The van der Waals surface area contributed by atoms with Gasteiger partial charge in [-0.1, -0.05) is 149 Å². The Morgan fingerprint density at radius 3 is 1.53 bits per heavy atom. The van der Waals surface area contributed by atoms with Gasteiger partial charge in [-0.2, -0.15) is 0 Å². The van der Waals surface area contributed by atoms with Gasteiger partial charge >= 0.3 is 13.8 Å². The van der Waals surface area contributed by atoms with E-state index in [4.69, 9.17) is 24.3 Å². The van der Waals surface area contributed by atoms with Crippen LogP contribution in [-0.2, 0) is 27.9 Å². The van der Waals surface area contributed by atoms with Crippen molar-refractivity contribution < 1.29 is 32.8 Å². The van der Waals surface area contributed by atoms with Crippen molar-refractivity contribution in [3.05, 3.63) is 12.3 Å². The third-order valence-corrected chi connectivity index (χ3v) is 8.59. The minimum Gasteiger partial charge on any atom is -0.489 e. The van der Waals surface area contributed by atoms with Gasteiger partial charge in [0.15, 0.2) is 6.10 Å². The number of hydrogen-bond donors (Lipinski definition) is 2. The second kappa shape index (κ2) is 31.1. The van der Waals surface area contributed by atoms with Gasteiger partial charge in [-0.25, -0.2) is 4.57 Å². The summed E-state index contributed by atoms with van der Waals surface area (Å²) < 4.78 is 33.3. The van der Waals surface area contributed by atoms with Gasteiger partial charge in [0.1, 0.15) is 6.61 Å². The van der Waals surface area contributed by atoms with E-state index >= 15 is 0 Å². The molecular weight excluding hydrogens is 565 g/mol.